The lowest BCUT2D eigenvalue weighted by Gasteiger charge is -2.34. The van der Waals surface area contributed by atoms with Gasteiger partial charge in [0.25, 0.3) is 0 Å². The molecule has 0 saturated carbocycles. The Bertz CT molecular complexity index is 1530. The fourth-order valence-electron chi connectivity index (χ4n) is 5.24. The largest absolute Gasteiger partial charge is 0.488 e. The molecule has 47 heavy (non-hydrogen) atoms. The molecule has 3 aromatic rings. The van der Waals surface area contributed by atoms with E-state index in [1.807, 2.05) is 18.9 Å². The summed E-state index contributed by atoms with van der Waals surface area (Å²) in [7, 11) is 1.81. The van der Waals surface area contributed by atoms with E-state index < -0.39 is 41.7 Å². The van der Waals surface area contributed by atoms with Crippen molar-refractivity contribution in [1.82, 2.24) is 9.80 Å². The first-order valence-electron chi connectivity index (χ1n) is 14.8. The number of fused-ring (bicyclic) bond motifs is 1. The number of halogens is 6. The van der Waals surface area contributed by atoms with E-state index in [0.717, 1.165) is 36.4 Å². The molecule has 8 nitrogen and oxygen atoms in total. The van der Waals surface area contributed by atoms with E-state index in [1.54, 1.807) is 30.0 Å². The van der Waals surface area contributed by atoms with Gasteiger partial charge in [0.15, 0.2) is 0 Å². The van der Waals surface area contributed by atoms with Gasteiger partial charge in [0.1, 0.15) is 11.9 Å². The number of nitrogens with zero attached hydrogens (tertiary/aromatic N) is 2. The van der Waals surface area contributed by atoms with Crippen LogP contribution in [-0.4, -0.2) is 65.7 Å². The smallest absolute Gasteiger partial charge is 0.416 e. The first kappa shape index (κ1) is 35.6. The molecule has 0 bridgehead atoms. The van der Waals surface area contributed by atoms with Crippen molar-refractivity contribution in [1.29, 1.82) is 0 Å². The molecular formula is C33H36F6N4O4. The number of ether oxygens (including phenoxy) is 1. The van der Waals surface area contributed by atoms with Gasteiger partial charge in [-0.1, -0.05) is 19.1 Å². The molecule has 0 radical (unpaired) electrons. The predicted octanol–water partition coefficient (Wildman–Crippen LogP) is 6.65. The Morgan fingerprint density at radius 2 is 1.51 bits per heavy atom. The maximum atomic E-state index is 13.5. The fourth-order valence-corrected chi connectivity index (χ4v) is 5.24. The molecule has 3 N–H and O–H groups in total. The van der Waals surface area contributed by atoms with Crippen LogP contribution in [0.3, 0.4) is 0 Å². The quantitative estimate of drug-likeness (QED) is 0.234. The van der Waals surface area contributed by atoms with Gasteiger partial charge >= 0.3 is 18.4 Å². The molecule has 14 heteroatoms. The maximum Gasteiger partial charge on any atom is 0.416 e. The van der Waals surface area contributed by atoms with E-state index >= 15 is 0 Å². The molecule has 1 heterocycles. The summed E-state index contributed by atoms with van der Waals surface area (Å²) in [4.78, 5) is 29.6. The summed E-state index contributed by atoms with van der Waals surface area (Å²) in [5.41, 5.74) is -0.0112. The Balaban J connectivity index is 1.52. The van der Waals surface area contributed by atoms with E-state index in [2.05, 4.69) is 10.6 Å². The number of carbonyl (C=O) groups is 2. The number of aliphatic hydroxyl groups is 1. The highest BCUT2D eigenvalue weighted by atomic mass is 19.4. The van der Waals surface area contributed by atoms with Gasteiger partial charge in [0.2, 0.25) is 5.91 Å². The SMILES string of the molecule is C[C@@H]1CN([C@H](C)CO)C(=O)Cc2cc(NC(=O)Nc3ccc(C(F)(F)F)cc3)ccc2O[C@@H]1CN(C)Cc1ccc(C(F)(F)F)cc1. The van der Waals surface area contributed by atoms with E-state index in [-0.39, 0.29) is 37.1 Å². The molecule has 0 aromatic heterocycles. The van der Waals surface area contributed by atoms with Crippen LogP contribution in [0.1, 0.15) is 36.1 Å². The Hall–Kier alpha value is -4.30. The van der Waals surface area contributed by atoms with Crippen molar-refractivity contribution in [3.63, 3.8) is 0 Å². The number of benzene rings is 3. The van der Waals surface area contributed by atoms with E-state index in [1.165, 1.54) is 12.1 Å². The monoisotopic (exact) mass is 666 g/mol. The van der Waals surface area contributed by atoms with Crippen LogP contribution in [0.2, 0.25) is 0 Å². The Morgan fingerprint density at radius 1 is 0.957 bits per heavy atom. The van der Waals surface area contributed by atoms with Crippen molar-refractivity contribution in [2.75, 3.05) is 37.4 Å². The minimum absolute atomic E-state index is 0.101. The second-order valence-electron chi connectivity index (χ2n) is 11.8. The summed E-state index contributed by atoms with van der Waals surface area (Å²) < 4.78 is 84.0. The van der Waals surface area contributed by atoms with Crippen molar-refractivity contribution in [2.24, 2.45) is 5.92 Å². The van der Waals surface area contributed by atoms with E-state index in [0.29, 0.717) is 35.7 Å². The number of urea groups is 1. The van der Waals surface area contributed by atoms with Crippen LogP contribution in [0.25, 0.3) is 0 Å². The molecule has 1 aliphatic rings. The highest BCUT2D eigenvalue weighted by Gasteiger charge is 2.33. The molecule has 254 valence electrons. The molecule has 3 atom stereocenters. The lowest BCUT2D eigenvalue weighted by atomic mass is 10.0. The van der Waals surface area contributed by atoms with Crippen molar-refractivity contribution in [3.8, 4) is 5.75 Å². The van der Waals surface area contributed by atoms with Crippen LogP contribution in [-0.2, 0) is 30.1 Å². The average molecular weight is 667 g/mol. The molecule has 0 spiro atoms. The number of amides is 3. The summed E-state index contributed by atoms with van der Waals surface area (Å²) in [6.07, 6.45) is -9.52. The number of aliphatic hydroxyl groups excluding tert-OH is 1. The number of nitrogens with one attached hydrogen (secondary N) is 2. The van der Waals surface area contributed by atoms with Gasteiger partial charge in [-0.2, -0.15) is 26.3 Å². The lowest BCUT2D eigenvalue weighted by Crippen LogP contribution is -2.47. The van der Waals surface area contributed by atoms with Crippen LogP contribution in [0.4, 0.5) is 42.5 Å². The van der Waals surface area contributed by atoms with E-state index in [9.17, 15) is 41.0 Å². The molecule has 0 fully saturated rings. The summed E-state index contributed by atoms with van der Waals surface area (Å²) in [5.74, 6) is -0.0973. The number of hydrogen-bond donors (Lipinski definition) is 3. The predicted molar refractivity (Wildman–Crippen MR) is 164 cm³/mol. The van der Waals surface area contributed by atoms with Crippen LogP contribution in [0, 0.1) is 5.92 Å². The first-order chi connectivity index (χ1) is 22.0. The minimum Gasteiger partial charge on any atom is -0.488 e. The maximum absolute atomic E-state index is 13.5. The number of alkyl halides is 6. The zero-order chi connectivity index (χ0) is 34.5. The molecular weight excluding hydrogens is 630 g/mol. The first-order valence-corrected chi connectivity index (χ1v) is 14.8. The number of likely N-dealkylation sites (N-methyl/N-ethyl adjacent to an activating group) is 1. The molecule has 0 unspecified atom stereocenters. The molecule has 4 rings (SSSR count). The highest BCUT2D eigenvalue weighted by molar-refractivity contribution is 6.00. The Kier molecular flexibility index (Phi) is 11.1. The van der Waals surface area contributed by atoms with Gasteiger partial charge in [-0.05, 0) is 74.1 Å². The highest BCUT2D eigenvalue weighted by Crippen LogP contribution is 2.32. The van der Waals surface area contributed by atoms with Crippen molar-refractivity contribution < 1.29 is 45.8 Å². The Labute approximate surface area is 268 Å². The standard InChI is InChI=1S/C33H36F6N4O4/c1-20-16-43(21(2)19-44)30(45)15-23-14-27(41-31(46)40-26-10-8-25(9-11-26)33(37,38)39)12-13-28(23)47-29(20)18-42(3)17-22-4-6-24(7-5-22)32(34,35)36/h4-14,20-21,29,44H,15-19H2,1-3H3,(H2,40,41,46)/t20-,21-,29-/m1/s1. The number of carbonyl (C=O) groups excluding carboxylic acids is 2. The van der Waals surface area contributed by atoms with E-state index in [4.69, 9.17) is 4.74 Å². The molecule has 0 aliphatic carbocycles. The summed E-state index contributed by atoms with van der Waals surface area (Å²) in [6, 6.07) is 12.4. The van der Waals surface area contributed by atoms with Crippen LogP contribution in [0.5, 0.6) is 5.75 Å². The Morgan fingerprint density at radius 3 is 2.09 bits per heavy atom. The van der Waals surface area contributed by atoms with Gasteiger partial charge in [0.05, 0.1) is 30.2 Å². The van der Waals surface area contributed by atoms with Crippen molar-refractivity contribution in [3.05, 3.63) is 89.0 Å². The normalized spacial score (nSPS) is 18.0. The summed E-state index contributed by atoms with van der Waals surface area (Å²) >= 11 is 0. The third-order valence-corrected chi connectivity index (χ3v) is 7.87. The van der Waals surface area contributed by atoms with Gasteiger partial charge in [0, 0.05) is 42.5 Å². The van der Waals surface area contributed by atoms with Crippen LogP contribution < -0.4 is 15.4 Å². The van der Waals surface area contributed by atoms with Crippen LogP contribution >= 0.6 is 0 Å². The molecule has 1 aliphatic heterocycles. The van der Waals surface area contributed by atoms with Crippen molar-refractivity contribution >= 4 is 23.3 Å². The number of hydrogen-bond acceptors (Lipinski definition) is 5. The van der Waals surface area contributed by atoms with Crippen LogP contribution in [0.15, 0.2) is 66.7 Å². The molecule has 0 saturated heterocycles. The number of rotatable bonds is 8. The average Bonchev–Trinajstić information content (AvgIpc) is 3.03. The van der Waals surface area contributed by atoms with Gasteiger partial charge in [-0.3, -0.25) is 9.69 Å². The van der Waals surface area contributed by atoms with Gasteiger partial charge < -0.3 is 25.4 Å². The molecule has 3 aromatic carbocycles. The summed E-state index contributed by atoms with van der Waals surface area (Å²) in [6.45, 7) is 4.33. The van der Waals surface area contributed by atoms with Gasteiger partial charge in [-0.25, -0.2) is 4.79 Å². The third-order valence-electron chi connectivity index (χ3n) is 7.87. The second kappa shape index (κ2) is 14.6. The molecule has 3 amide bonds. The lowest BCUT2D eigenvalue weighted by molar-refractivity contribution is -0.138. The zero-order valence-corrected chi connectivity index (χ0v) is 26.0. The van der Waals surface area contributed by atoms with Crippen molar-refractivity contribution in [2.45, 2.75) is 51.3 Å². The minimum atomic E-state index is -4.51. The zero-order valence-electron chi connectivity index (χ0n) is 26.0. The second-order valence-corrected chi connectivity index (χ2v) is 11.8. The summed E-state index contributed by atoms with van der Waals surface area (Å²) in [5, 5.41) is 15.0. The topological polar surface area (TPSA) is 94.1 Å². The fraction of sp³-hybridized carbons (Fsp3) is 0.394. The third kappa shape index (κ3) is 9.61. The van der Waals surface area contributed by atoms with Gasteiger partial charge in [-0.15, -0.1) is 0 Å². The number of anilines is 2.